The number of hydrogen-bond donors (Lipinski definition) is 0. The first-order chi connectivity index (χ1) is 13.1. The maximum Gasteiger partial charge on any atom is 0.316 e. The van der Waals surface area contributed by atoms with Gasteiger partial charge in [0.2, 0.25) is 0 Å². The van der Waals surface area contributed by atoms with Crippen molar-refractivity contribution < 1.29 is 4.57 Å². The van der Waals surface area contributed by atoms with E-state index in [-0.39, 0.29) is 0 Å². The van der Waals surface area contributed by atoms with Crippen molar-refractivity contribution in [2.45, 2.75) is 20.8 Å². The van der Waals surface area contributed by atoms with Gasteiger partial charge < -0.3 is 0 Å². The molecule has 0 unspecified atom stereocenters. The smallest absolute Gasteiger partial charge is 0.241 e. The highest BCUT2D eigenvalue weighted by atomic mass is 32.1. The van der Waals surface area contributed by atoms with Crippen LogP contribution in [0.1, 0.15) is 16.1 Å². The van der Waals surface area contributed by atoms with E-state index < -0.39 is 0 Å². The van der Waals surface area contributed by atoms with E-state index in [4.69, 9.17) is 10.1 Å². The zero-order chi connectivity index (χ0) is 18.5. The summed E-state index contributed by atoms with van der Waals surface area (Å²) in [4.78, 5) is 4.80. The normalized spacial score (nSPS) is 11.5. The minimum Gasteiger partial charge on any atom is -0.241 e. The topological polar surface area (TPSA) is 34.1 Å². The van der Waals surface area contributed by atoms with Crippen LogP contribution in [0.25, 0.3) is 32.9 Å². The number of benzene rings is 2. The predicted molar refractivity (Wildman–Crippen MR) is 110 cm³/mol. The Morgan fingerprint density at radius 1 is 0.889 bits per heavy atom. The van der Waals surface area contributed by atoms with Crippen molar-refractivity contribution in [3.05, 3.63) is 76.9 Å². The highest BCUT2D eigenvalue weighted by Crippen LogP contribution is 2.30. The molecule has 27 heavy (non-hydrogen) atoms. The van der Waals surface area contributed by atoms with Crippen molar-refractivity contribution in [1.82, 2.24) is 14.6 Å². The number of aromatic nitrogens is 4. The van der Waals surface area contributed by atoms with Gasteiger partial charge in [-0.1, -0.05) is 34.8 Å². The molecule has 2 aromatic carbocycles. The maximum atomic E-state index is 4.95. The minimum absolute atomic E-state index is 0.912. The minimum atomic E-state index is 0.912. The molecule has 0 aliphatic heterocycles. The van der Waals surface area contributed by atoms with E-state index in [1.165, 1.54) is 21.5 Å². The molecular formula is C22H19N4S+. The summed E-state index contributed by atoms with van der Waals surface area (Å²) in [7, 11) is 0. The lowest BCUT2D eigenvalue weighted by Crippen LogP contribution is -2.34. The van der Waals surface area contributed by atoms with Gasteiger partial charge in [0, 0.05) is 6.07 Å². The molecule has 0 aliphatic rings. The van der Waals surface area contributed by atoms with Crippen LogP contribution >= 0.6 is 11.3 Å². The number of thiazole rings is 1. The molecule has 4 nitrogen and oxygen atoms in total. The highest BCUT2D eigenvalue weighted by molar-refractivity contribution is 7.18. The summed E-state index contributed by atoms with van der Waals surface area (Å²) in [5.41, 5.74) is 6.74. The fourth-order valence-electron chi connectivity index (χ4n) is 3.74. The average molecular weight is 371 g/mol. The molecule has 0 saturated heterocycles. The van der Waals surface area contributed by atoms with Gasteiger partial charge in [0.15, 0.2) is 0 Å². The second kappa shape index (κ2) is 5.99. The van der Waals surface area contributed by atoms with Crippen LogP contribution in [-0.2, 0) is 0 Å². The Bertz CT molecular complexity index is 1290. The van der Waals surface area contributed by atoms with Crippen molar-refractivity contribution in [3.8, 4) is 17.1 Å². The first-order valence-electron chi connectivity index (χ1n) is 8.96. The van der Waals surface area contributed by atoms with Gasteiger partial charge in [-0.2, -0.15) is 4.57 Å². The van der Waals surface area contributed by atoms with Crippen LogP contribution in [-0.4, -0.2) is 14.6 Å². The Labute approximate surface area is 161 Å². The summed E-state index contributed by atoms with van der Waals surface area (Å²) in [6, 6.07) is 18.9. The Morgan fingerprint density at radius 3 is 2.48 bits per heavy atom. The number of hydrogen-bond acceptors (Lipinski definition) is 3. The molecule has 5 rings (SSSR count). The molecule has 0 amide bonds. The summed E-state index contributed by atoms with van der Waals surface area (Å²) in [6.45, 7) is 6.36. The molecule has 0 radical (unpaired) electrons. The molecule has 5 aromatic rings. The van der Waals surface area contributed by atoms with Crippen molar-refractivity contribution in [2.24, 2.45) is 0 Å². The van der Waals surface area contributed by atoms with E-state index in [1.54, 1.807) is 11.3 Å². The molecule has 0 spiro atoms. The lowest BCUT2D eigenvalue weighted by molar-refractivity contribution is -0.557. The maximum absolute atomic E-state index is 4.95. The monoisotopic (exact) mass is 371 g/mol. The fraction of sp³-hybridized carbons (Fsp3) is 0.136. The SMILES string of the molecule is Cc1nc2c(-c3nn4ccccc4[n+]3-c3c(C)cccc3C)cccc2s1. The van der Waals surface area contributed by atoms with Crippen LogP contribution < -0.4 is 4.57 Å². The van der Waals surface area contributed by atoms with Crippen molar-refractivity contribution >= 4 is 27.2 Å². The quantitative estimate of drug-likeness (QED) is 0.417. The molecule has 3 heterocycles. The zero-order valence-electron chi connectivity index (χ0n) is 15.5. The van der Waals surface area contributed by atoms with Gasteiger partial charge in [-0.15, -0.1) is 11.3 Å². The summed E-state index contributed by atoms with van der Waals surface area (Å²) in [5, 5.41) is 6.01. The Balaban J connectivity index is 1.94. The molecule has 132 valence electrons. The van der Waals surface area contributed by atoms with E-state index in [9.17, 15) is 0 Å². The molecule has 0 aliphatic carbocycles. The Hall–Kier alpha value is -3.05. The number of rotatable bonds is 2. The molecule has 3 aromatic heterocycles. The van der Waals surface area contributed by atoms with Crippen molar-refractivity contribution in [2.75, 3.05) is 0 Å². The number of pyridine rings is 1. The standard InChI is InChI=1S/C22H19N4S/c1-14-8-6-9-15(2)21(14)26-19-12-4-5-13-25(19)24-22(26)17-10-7-11-18-20(17)23-16(3)27-18/h4-13H,1-3H3/q+1. The zero-order valence-corrected chi connectivity index (χ0v) is 16.3. The Morgan fingerprint density at radius 2 is 1.67 bits per heavy atom. The first kappa shape index (κ1) is 16.1. The van der Waals surface area contributed by atoms with Gasteiger partial charge in [-0.25, -0.2) is 4.98 Å². The molecule has 0 saturated carbocycles. The van der Waals surface area contributed by atoms with Crippen LogP contribution in [0.4, 0.5) is 0 Å². The van der Waals surface area contributed by atoms with Crippen molar-refractivity contribution in [1.29, 1.82) is 0 Å². The number of nitrogens with zero attached hydrogens (tertiary/aromatic N) is 4. The van der Waals surface area contributed by atoms with Gasteiger partial charge in [0.1, 0.15) is 11.9 Å². The van der Waals surface area contributed by atoms with Gasteiger partial charge in [-0.3, -0.25) is 0 Å². The van der Waals surface area contributed by atoms with E-state index in [0.717, 1.165) is 27.6 Å². The molecule has 5 heteroatoms. The largest absolute Gasteiger partial charge is 0.316 e. The van der Waals surface area contributed by atoms with Crippen LogP contribution in [0.2, 0.25) is 0 Å². The number of fused-ring (bicyclic) bond motifs is 2. The van der Waals surface area contributed by atoms with Crippen LogP contribution in [0.15, 0.2) is 60.8 Å². The van der Waals surface area contributed by atoms with Crippen molar-refractivity contribution in [3.63, 3.8) is 0 Å². The molecule has 0 fully saturated rings. The van der Waals surface area contributed by atoms with E-state index >= 15 is 0 Å². The predicted octanol–water partition coefficient (Wildman–Crippen LogP) is 4.81. The fourth-order valence-corrected chi connectivity index (χ4v) is 4.59. The Kier molecular flexibility index (Phi) is 3.58. The lowest BCUT2D eigenvalue weighted by atomic mass is 10.1. The van der Waals surface area contributed by atoms with Crippen LogP contribution in [0, 0.1) is 20.8 Å². The van der Waals surface area contributed by atoms with E-state index in [0.29, 0.717) is 0 Å². The third kappa shape index (κ3) is 2.46. The van der Waals surface area contributed by atoms with E-state index in [2.05, 4.69) is 73.9 Å². The van der Waals surface area contributed by atoms with Crippen LogP contribution in [0.3, 0.4) is 0 Å². The second-order valence-corrected chi connectivity index (χ2v) is 8.02. The first-order valence-corrected chi connectivity index (χ1v) is 9.77. The summed E-state index contributed by atoms with van der Waals surface area (Å²) < 4.78 is 5.39. The second-order valence-electron chi connectivity index (χ2n) is 6.79. The third-order valence-electron chi connectivity index (χ3n) is 4.89. The summed E-state index contributed by atoms with van der Waals surface area (Å²) >= 11 is 1.72. The number of aryl methyl sites for hydroxylation is 3. The lowest BCUT2D eigenvalue weighted by Gasteiger charge is -2.09. The van der Waals surface area contributed by atoms with E-state index in [1.807, 2.05) is 16.8 Å². The molecular weight excluding hydrogens is 352 g/mol. The molecule has 0 N–H and O–H groups in total. The van der Waals surface area contributed by atoms with Gasteiger partial charge in [-0.05, 0) is 50.1 Å². The highest BCUT2D eigenvalue weighted by Gasteiger charge is 2.27. The van der Waals surface area contributed by atoms with Gasteiger partial charge in [0.25, 0.3) is 5.65 Å². The van der Waals surface area contributed by atoms with Gasteiger partial charge >= 0.3 is 5.82 Å². The number of para-hydroxylation sites is 2. The summed E-state index contributed by atoms with van der Waals surface area (Å²) in [6.07, 6.45) is 2.00. The molecule has 0 bridgehead atoms. The summed E-state index contributed by atoms with van der Waals surface area (Å²) in [5.74, 6) is 0.912. The average Bonchev–Trinajstić information content (AvgIpc) is 3.21. The van der Waals surface area contributed by atoms with Crippen LogP contribution in [0.5, 0.6) is 0 Å². The molecule has 0 atom stereocenters. The third-order valence-corrected chi connectivity index (χ3v) is 5.83. The van der Waals surface area contributed by atoms with Gasteiger partial charge in [0.05, 0.1) is 25.9 Å².